The Hall–Kier alpha value is -0.380. The summed E-state index contributed by atoms with van der Waals surface area (Å²) < 4.78 is 1.20. The van der Waals surface area contributed by atoms with E-state index in [2.05, 4.69) is 58.3 Å². The Bertz CT molecular complexity index is 365. The lowest BCUT2D eigenvalue weighted by molar-refractivity contribution is 0.199. The number of rotatable bonds is 2. The van der Waals surface area contributed by atoms with Crippen molar-refractivity contribution in [3.05, 3.63) is 33.8 Å². The van der Waals surface area contributed by atoms with Crippen molar-refractivity contribution in [3.8, 4) is 0 Å². The number of benzene rings is 1. The molecule has 88 valence electrons. The van der Waals surface area contributed by atoms with Crippen LogP contribution in [-0.4, -0.2) is 37.6 Å². The molecule has 1 heterocycles. The number of likely N-dealkylation sites (N-methyl/N-ethyl adjacent to an activating group) is 1. The molecule has 0 bridgehead atoms. The number of hydrogen-bond donors (Lipinski definition) is 1. The van der Waals surface area contributed by atoms with Crippen LogP contribution in [0.15, 0.2) is 22.7 Å². The number of aryl methyl sites for hydroxylation is 1. The van der Waals surface area contributed by atoms with Gasteiger partial charge >= 0.3 is 0 Å². The molecule has 1 unspecified atom stereocenters. The van der Waals surface area contributed by atoms with Gasteiger partial charge in [0.1, 0.15) is 0 Å². The fourth-order valence-corrected chi connectivity index (χ4v) is 2.44. The van der Waals surface area contributed by atoms with E-state index < -0.39 is 0 Å². The van der Waals surface area contributed by atoms with Gasteiger partial charge in [-0.05, 0) is 37.6 Å². The summed E-state index contributed by atoms with van der Waals surface area (Å²) in [7, 11) is 2.22. The second-order valence-corrected chi connectivity index (χ2v) is 5.48. The highest BCUT2D eigenvalue weighted by molar-refractivity contribution is 9.10. The Kier molecular flexibility index (Phi) is 4.00. The minimum absolute atomic E-state index is 0.634. The third kappa shape index (κ3) is 2.84. The third-order valence-electron chi connectivity index (χ3n) is 3.34. The summed E-state index contributed by atoms with van der Waals surface area (Å²) in [6, 6.07) is 7.29. The average molecular weight is 283 g/mol. The van der Waals surface area contributed by atoms with Gasteiger partial charge in [-0.25, -0.2) is 0 Å². The second kappa shape index (κ2) is 5.30. The van der Waals surface area contributed by atoms with Crippen LogP contribution in [0.5, 0.6) is 0 Å². The van der Waals surface area contributed by atoms with E-state index in [9.17, 15) is 0 Å². The smallest absolute Gasteiger partial charge is 0.0258 e. The van der Waals surface area contributed by atoms with E-state index in [1.54, 1.807) is 0 Å². The van der Waals surface area contributed by atoms with Gasteiger partial charge in [0.15, 0.2) is 0 Å². The first kappa shape index (κ1) is 12.1. The van der Waals surface area contributed by atoms with E-state index in [1.807, 2.05) is 0 Å². The molecule has 0 radical (unpaired) electrons. The van der Waals surface area contributed by atoms with Crippen LogP contribution in [0.25, 0.3) is 0 Å². The lowest BCUT2D eigenvalue weighted by atomic mass is 10.0. The highest BCUT2D eigenvalue weighted by Crippen LogP contribution is 2.19. The van der Waals surface area contributed by atoms with Crippen molar-refractivity contribution in [3.63, 3.8) is 0 Å². The highest BCUT2D eigenvalue weighted by atomic mass is 79.9. The monoisotopic (exact) mass is 282 g/mol. The SMILES string of the molecule is Cc1cc(CC2CNCCN2C)ccc1Br. The predicted octanol–water partition coefficient (Wildman–Crippen LogP) is 2.20. The van der Waals surface area contributed by atoms with Crippen molar-refractivity contribution in [2.45, 2.75) is 19.4 Å². The molecule has 1 aromatic rings. The number of nitrogens with zero attached hydrogens (tertiary/aromatic N) is 1. The molecule has 1 fully saturated rings. The van der Waals surface area contributed by atoms with E-state index in [-0.39, 0.29) is 0 Å². The molecule has 3 heteroatoms. The molecule has 2 rings (SSSR count). The van der Waals surface area contributed by atoms with Crippen molar-refractivity contribution in [2.75, 3.05) is 26.7 Å². The van der Waals surface area contributed by atoms with Gasteiger partial charge in [0.2, 0.25) is 0 Å². The predicted molar refractivity (Wildman–Crippen MR) is 71.9 cm³/mol. The van der Waals surface area contributed by atoms with E-state index in [4.69, 9.17) is 0 Å². The molecule has 0 aromatic heterocycles. The van der Waals surface area contributed by atoms with Crippen LogP contribution in [0.1, 0.15) is 11.1 Å². The molecule has 0 saturated carbocycles. The van der Waals surface area contributed by atoms with Crippen LogP contribution in [-0.2, 0) is 6.42 Å². The van der Waals surface area contributed by atoms with Crippen molar-refractivity contribution >= 4 is 15.9 Å². The minimum atomic E-state index is 0.634. The van der Waals surface area contributed by atoms with Gasteiger partial charge in [0.05, 0.1) is 0 Å². The topological polar surface area (TPSA) is 15.3 Å². The number of nitrogens with one attached hydrogen (secondary N) is 1. The molecular formula is C13H19BrN2. The summed E-state index contributed by atoms with van der Waals surface area (Å²) in [6.45, 7) is 5.52. The number of piperazine rings is 1. The third-order valence-corrected chi connectivity index (χ3v) is 4.23. The van der Waals surface area contributed by atoms with Gasteiger partial charge in [-0.3, -0.25) is 0 Å². The van der Waals surface area contributed by atoms with Crippen LogP contribution in [0.4, 0.5) is 0 Å². The van der Waals surface area contributed by atoms with Gasteiger partial charge in [0.25, 0.3) is 0 Å². The first-order valence-corrected chi connectivity index (χ1v) is 6.62. The fourth-order valence-electron chi connectivity index (χ4n) is 2.20. The first-order valence-electron chi connectivity index (χ1n) is 5.83. The van der Waals surface area contributed by atoms with Crippen molar-refractivity contribution in [2.24, 2.45) is 0 Å². The van der Waals surface area contributed by atoms with Gasteiger partial charge < -0.3 is 10.2 Å². The van der Waals surface area contributed by atoms with Crippen molar-refractivity contribution < 1.29 is 0 Å². The zero-order chi connectivity index (χ0) is 11.5. The molecule has 0 aliphatic carbocycles. The molecule has 1 saturated heterocycles. The Morgan fingerprint density at radius 3 is 3.00 bits per heavy atom. The Morgan fingerprint density at radius 1 is 1.50 bits per heavy atom. The zero-order valence-corrected chi connectivity index (χ0v) is 11.5. The van der Waals surface area contributed by atoms with E-state index in [0.29, 0.717) is 6.04 Å². The van der Waals surface area contributed by atoms with Gasteiger partial charge in [0, 0.05) is 30.1 Å². The molecule has 1 aliphatic rings. The second-order valence-electron chi connectivity index (χ2n) is 4.63. The highest BCUT2D eigenvalue weighted by Gasteiger charge is 2.18. The normalized spacial score (nSPS) is 22.3. The maximum absolute atomic E-state index is 3.54. The zero-order valence-electron chi connectivity index (χ0n) is 9.96. The molecule has 1 aromatic carbocycles. The minimum Gasteiger partial charge on any atom is -0.314 e. The summed E-state index contributed by atoms with van der Waals surface area (Å²) >= 11 is 3.54. The first-order chi connectivity index (χ1) is 7.66. The fraction of sp³-hybridized carbons (Fsp3) is 0.538. The van der Waals surface area contributed by atoms with E-state index >= 15 is 0 Å². The van der Waals surface area contributed by atoms with Crippen LogP contribution in [0.3, 0.4) is 0 Å². The number of halogens is 1. The lowest BCUT2D eigenvalue weighted by Gasteiger charge is -2.33. The summed E-state index contributed by atoms with van der Waals surface area (Å²) in [5, 5.41) is 3.46. The van der Waals surface area contributed by atoms with Crippen molar-refractivity contribution in [1.82, 2.24) is 10.2 Å². The molecule has 1 N–H and O–H groups in total. The molecule has 0 amide bonds. The quantitative estimate of drug-likeness (QED) is 0.895. The summed E-state index contributed by atoms with van der Waals surface area (Å²) in [5.41, 5.74) is 2.75. The van der Waals surface area contributed by atoms with E-state index in [0.717, 1.165) is 26.1 Å². The standard InChI is InChI=1S/C13H19BrN2/c1-10-7-11(3-4-13(10)14)8-12-9-15-5-6-16(12)2/h3-4,7,12,15H,5-6,8-9H2,1-2H3. The summed E-state index contributed by atoms with van der Waals surface area (Å²) in [6.07, 6.45) is 1.14. The molecule has 1 atom stereocenters. The van der Waals surface area contributed by atoms with Gasteiger partial charge in [-0.15, -0.1) is 0 Å². The average Bonchev–Trinajstić information content (AvgIpc) is 2.27. The Labute approximate surface area is 106 Å². The summed E-state index contributed by atoms with van der Waals surface area (Å²) in [4.78, 5) is 2.45. The lowest BCUT2D eigenvalue weighted by Crippen LogP contribution is -2.50. The molecule has 2 nitrogen and oxygen atoms in total. The molecular weight excluding hydrogens is 264 g/mol. The van der Waals surface area contributed by atoms with Crippen LogP contribution in [0.2, 0.25) is 0 Å². The van der Waals surface area contributed by atoms with Gasteiger partial charge in [-0.1, -0.05) is 28.1 Å². The Balaban J connectivity index is 2.05. The molecule has 0 spiro atoms. The van der Waals surface area contributed by atoms with Crippen LogP contribution < -0.4 is 5.32 Å². The largest absolute Gasteiger partial charge is 0.314 e. The van der Waals surface area contributed by atoms with Crippen molar-refractivity contribution in [1.29, 1.82) is 0 Å². The van der Waals surface area contributed by atoms with Crippen LogP contribution >= 0.6 is 15.9 Å². The number of hydrogen-bond acceptors (Lipinski definition) is 2. The Morgan fingerprint density at radius 2 is 2.31 bits per heavy atom. The summed E-state index contributed by atoms with van der Waals surface area (Å²) in [5.74, 6) is 0. The van der Waals surface area contributed by atoms with Gasteiger partial charge in [-0.2, -0.15) is 0 Å². The maximum atomic E-state index is 3.54. The molecule has 1 aliphatic heterocycles. The van der Waals surface area contributed by atoms with E-state index in [1.165, 1.54) is 15.6 Å². The van der Waals surface area contributed by atoms with Crippen LogP contribution in [0, 0.1) is 6.92 Å². The maximum Gasteiger partial charge on any atom is 0.0258 e. The molecule has 16 heavy (non-hydrogen) atoms.